The van der Waals surface area contributed by atoms with Gasteiger partial charge in [0.1, 0.15) is 11.6 Å². The van der Waals surface area contributed by atoms with E-state index in [0.717, 1.165) is 48.4 Å². The molecule has 0 aliphatic carbocycles. The smallest absolute Gasteiger partial charge is 0.175 e. The van der Waals surface area contributed by atoms with Crippen LogP contribution in [0.5, 0.6) is 5.75 Å². The Balaban J connectivity index is 1.32. The molecule has 5 rings (SSSR count). The lowest BCUT2D eigenvalue weighted by Crippen LogP contribution is -2.46. The number of aromatic nitrogens is 1. The number of anilines is 1. The van der Waals surface area contributed by atoms with Crippen molar-refractivity contribution in [2.75, 3.05) is 31.1 Å². The first-order valence-corrected chi connectivity index (χ1v) is 11.0. The SMILES string of the molecule is Oc1ccc2c(Cc3ccc(Cl)cc3)noc2c1CN1CCN(c2ccccc2F)CC1. The lowest BCUT2D eigenvalue weighted by molar-refractivity contribution is 0.245. The fourth-order valence-electron chi connectivity index (χ4n) is 4.25. The first-order valence-electron chi connectivity index (χ1n) is 10.6. The highest BCUT2D eigenvalue weighted by Gasteiger charge is 2.23. The number of para-hydroxylation sites is 1. The largest absolute Gasteiger partial charge is 0.507 e. The maximum atomic E-state index is 14.1. The number of rotatable bonds is 5. The molecule has 2 heterocycles. The molecule has 0 atom stereocenters. The number of fused-ring (bicyclic) bond motifs is 1. The van der Waals surface area contributed by atoms with Crippen LogP contribution >= 0.6 is 11.6 Å². The number of aromatic hydroxyl groups is 1. The van der Waals surface area contributed by atoms with E-state index >= 15 is 0 Å². The molecule has 0 spiro atoms. The maximum Gasteiger partial charge on any atom is 0.175 e. The van der Waals surface area contributed by atoms with Crippen molar-refractivity contribution >= 4 is 28.3 Å². The number of hydrogen-bond acceptors (Lipinski definition) is 5. The third-order valence-corrected chi connectivity index (χ3v) is 6.28. The summed E-state index contributed by atoms with van der Waals surface area (Å²) in [5.41, 5.74) is 3.90. The molecule has 0 saturated carbocycles. The van der Waals surface area contributed by atoms with Gasteiger partial charge in [0.05, 0.1) is 16.9 Å². The molecule has 0 unspecified atom stereocenters. The Kier molecular flexibility index (Phi) is 5.72. The number of piperazine rings is 1. The van der Waals surface area contributed by atoms with Crippen molar-refractivity contribution in [3.05, 3.63) is 88.3 Å². The Morgan fingerprint density at radius 1 is 0.969 bits per heavy atom. The van der Waals surface area contributed by atoms with E-state index in [4.69, 9.17) is 16.1 Å². The van der Waals surface area contributed by atoms with Crippen LogP contribution in [-0.4, -0.2) is 41.3 Å². The minimum Gasteiger partial charge on any atom is -0.507 e. The zero-order chi connectivity index (χ0) is 22.1. The Bertz CT molecular complexity index is 1230. The molecule has 1 N–H and O–H groups in total. The van der Waals surface area contributed by atoms with Gasteiger partial charge in [-0.1, -0.05) is 41.0 Å². The van der Waals surface area contributed by atoms with Crippen molar-refractivity contribution in [1.82, 2.24) is 10.1 Å². The van der Waals surface area contributed by atoms with E-state index in [2.05, 4.69) is 15.0 Å². The van der Waals surface area contributed by atoms with Gasteiger partial charge < -0.3 is 14.5 Å². The number of halogens is 2. The van der Waals surface area contributed by atoms with E-state index in [1.165, 1.54) is 6.07 Å². The molecule has 1 saturated heterocycles. The van der Waals surface area contributed by atoms with Gasteiger partial charge in [0, 0.05) is 49.6 Å². The highest BCUT2D eigenvalue weighted by Crippen LogP contribution is 2.32. The summed E-state index contributed by atoms with van der Waals surface area (Å²) in [7, 11) is 0. The predicted octanol–water partition coefficient (Wildman–Crippen LogP) is 5.24. The quantitative estimate of drug-likeness (QED) is 0.449. The van der Waals surface area contributed by atoms with Gasteiger partial charge in [0.2, 0.25) is 0 Å². The predicted molar refractivity (Wildman–Crippen MR) is 124 cm³/mol. The number of nitrogens with zero attached hydrogens (tertiary/aromatic N) is 3. The minimum atomic E-state index is -0.196. The molecule has 1 aliphatic rings. The number of phenolic OH excluding ortho intramolecular Hbond substituents is 1. The first kappa shape index (κ1) is 20.8. The molecule has 1 aromatic heterocycles. The molecule has 0 bridgehead atoms. The Labute approximate surface area is 190 Å². The third-order valence-electron chi connectivity index (χ3n) is 6.03. The summed E-state index contributed by atoms with van der Waals surface area (Å²) in [5.74, 6) is 0.00136. The average Bonchev–Trinajstić information content (AvgIpc) is 3.21. The van der Waals surface area contributed by atoms with Gasteiger partial charge in [0.25, 0.3) is 0 Å². The second-order valence-electron chi connectivity index (χ2n) is 8.09. The zero-order valence-electron chi connectivity index (χ0n) is 17.5. The van der Waals surface area contributed by atoms with Gasteiger partial charge >= 0.3 is 0 Å². The molecule has 0 amide bonds. The third kappa shape index (κ3) is 4.16. The molecule has 1 fully saturated rings. The monoisotopic (exact) mass is 451 g/mol. The molecule has 5 nitrogen and oxygen atoms in total. The molecular formula is C25H23ClFN3O2. The number of hydrogen-bond donors (Lipinski definition) is 1. The van der Waals surface area contributed by atoms with Gasteiger partial charge in [-0.05, 0) is 42.0 Å². The van der Waals surface area contributed by atoms with Crippen LogP contribution in [0.4, 0.5) is 10.1 Å². The van der Waals surface area contributed by atoms with Gasteiger partial charge in [-0.15, -0.1) is 0 Å². The van der Waals surface area contributed by atoms with Gasteiger partial charge in [-0.25, -0.2) is 4.39 Å². The second kappa shape index (κ2) is 8.81. The molecule has 7 heteroatoms. The van der Waals surface area contributed by atoms with Crippen molar-refractivity contribution in [3.63, 3.8) is 0 Å². The van der Waals surface area contributed by atoms with Crippen molar-refractivity contribution in [1.29, 1.82) is 0 Å². The van der Waals surface area contributed by atoms with Crippen LogP contribution in [-0.2, 0) is 13.0 Å². The summed E-state index contributed by atoms with van der Waals surface area (Å²) in [6.07, 6.45) is 0.621. The molecular weight excluding hydrogens is 429 g/mol. The Hall–Kier alpha value is -3.09. The van der Waals surface area contributed by atoms with Crippen LogP contribution in [0.2, 0.25) is 5.02 Å². The van der Waals surface area contributed by atoms with E-state index in [0.29, 0.717) is 29.3 Å². The van der Waals surface area contributed by atoms with E-state index in [1.54, 1.807) is 12.1 Å². The fourth-order valence-corrected chi connectivity index (χ4v) is 4.38. The number of phenols is 1. The van der Waals surface area contributed by atoms with Gasteiger partial charge in [-0.2, -0.15) is 0 Å². The van der Waals surface area contributed by atoms with Gasteiger partial charge in [0.15, 0.2) is 5.58 Å². The Morgan fingerprint density at radius 2 is 1.72 bits per heavy atom. The van der Waals surface area contributed by atoms with E-state index in [9.17, 15) is 9.50 Å². The summed E-state index contributed by atoms with van der Waals surface area (Å²) in [5, 5.41) is 16.4. The number of benzene rings is 3. The summed E-state index contributed by atoms with van der Waals surface area (Å²) in [6.45, 7) is 3.50. The molecule has 4 aromatic rings. The van der Waals surface area contributed by atoms with Crippen LogP contribution in [0.3, 0.4) is 0 Å². The minimum absolute atomic E-state index is 0.196. The second-order valence-corrected chi connectivity index (χ2v) is 8.52. The lowest BCUT2D eigenvalue weighted by atomic mass is 10.0. The van der Waals surface area contributed by atoms with Crippen molar-refractivity contribution in [2.24, 2.45) is 0 Å². The topological polar surface area (TPSA) is 52.7 Å². The average molecular weight is 452 g/mol. The molecule has 3 aromatic carbocycles. The molecule has 0 radical (unpaired) electrons. The lowest BCUT2D eigenvalue weighted by Gasteiger charge is -2.36. The normalized spacial score (nSPS) is 14.9. The van der Waals surface area contributed by atoms with Gasteiger partial charge in [-0.3, -0.25) is 4.90 Å². The first-order chi connectivity index (χ1) is 15.6. The fraction of sp³-hybridized carbons (Fsp3) is 0.240. The van der Waals surface area contributed by atoms with E-state index in [1.807, 2.05) is 42.5 Å². The molecule has 1 aliphatic heterocycles. The molecule has 164 valence electrons. The van der Waals surface area contributed by atoms with Crippen molar-refractivity contribution in [3.8, 4) is 5.75 Å². The molecule has 32 heavy (non-hydrogen) atoms. The zero-order valence-corrected chi connectivity index (χ0v) is 18.2. The summed E-state index contributed by atoms with van der Waals surface area (Å²) >= 11 is 5.98. The summed E-state index contributed by atoms with van der Waals surface area (Å²) in [4.78, 5) is 4.30. The summed E-state index contributed by atoms with van der Waals surface area (Å²) < 4.78 is 19.8. The van der Waals surface area contributed by atoms with Crippen molar-refractivity contribution < 1.29 is 14.0 Å². The van der Waals surface area contributed by atoms with Crippen LogP contribution in [0.1, 0.15) is 16.8 Å². The Morgan fingerprint density at radius 3 is 2.47 bits per heavy atom. The standard InChI is InChI=1S/C25H23ClFN3O2/c26-18-7-5-17(6-8-18)15-22-19-9-10-24(31)20(25(19)32-28-22)16-29-11-13-30(14-12-29)23-4-2-1-3-21(23)27/h1-10,31H,11-16H2. The van der Waals surface area contributed by atoms with Crippen LogP contribution in [0, 0.1) is 5.82 Å². The highest BCUT2D eigenvalue weighted by atomic mass is 35.5. The van der Waals surface area contributed by atoms with Crippen LogP contribution < -0.4 is 4.90 Å². The van der Waals surface area contributed by atoms with E-state index < -0.39 is 0 Å². The highest BCUT2D eigenvalue weighted by molar-refractivity contribution is 6.30. The summed E-state index contributed by atoms with van der Waals surface area (Å²) in [6, 6.07) is 18.1. The van der Waals surface area contributed by atoms with Crippen LogP contribution in [0.15, 0.2) is 65.2 Å². The van der Waals surface area contributed by atoms with Crippen molar-refractivity contribution in [2.45, 2.75) is 13.0 Å². The maximum absolute atomic E-state index is 14.1. The van der Waals surface area contributed by atoms with E-state index in [-0.39, 0.29) is 11.6 Å². The van der Waals surface area contributed by atoms with Crippen LogP contribution in [0.25, 0.3) is 11.0 Å².